The molecule has 0 heterocycles. The van der Waals surface area contributed by atoms with E-state index in [0.29, 0.717) is 0 Å². The van der Waals surface area contributed by atoms with E-state index in [1.807, 2.05) is 0 Å². The van der Waals surface area contributed by atoms with Crippen LogP contribution in [-0.2, 0) is 18.9 Å². The van der Waals surface area contributed by atoms with Gasteiger partial charge in [0.25, 0.3) is 0 Å². The topological polar surface area (TPSA) is 36.9 Å². The second-order valence-electron chi connectivity index (χ2n) is 4.55. The van der Waals surface area contributed by atoms with Gasteiger partial charge in [-0.3, -0.25) is 0 Å². The molecule has 0 unspecified atom stereocenters. The molecule has 0 aliphatic carbocycles. The molecular formula is C10H8ClF13O4. The Bertz CT molecular complexity index is 496. The maximum Gasteiger partial charge on any atom is 0.527 e. The standard InChI is InChI=1S/C10H8ClF13O4/c11-2-1-3-25-4-5(12,13)26-6(14,15)7(16,17)27-8(18,19)9(20,21)28-10(22,23)24/h1-4H2. The van der Waals surface area contributed by atoms with Crippen molar-refractivity contribution < 1.29 is 76.0 Å². The zero-order chi connectivity index (χ0) is 22.7. The van der Waals surface area contributed by atoms with E-state index in [9.17, 15) is 57.1 Å². The Labute approximate surface area is 151 Å². The number of rotatable bonds is 12. The minimum absolute atomic E-state index is 0.103. The minimum atomic E-state index is -7.06. The van der Waals surface area contributed by atoms with Gasteiger partial charge in [0.1, 0.15) is 6.61 Å². The number of hydrogen-bond donors (Lipinski definition) is 0. The normalized spacial score (nSPS) is 15.2. The van der Waals surface area contributed by atoms with Gasteiger partial charge in [-0.05, 0) is 6.42 Å². The van der Waals surface area contributed by atoms with Crippen molar-refractivity contribution >= 4 is 11.6 Å². The lowest BCUT2D eigenvalue weighted by atomic mass is 10.5. The summed E-state index contributed by atoms with van der Waals surface area (Å²) in [6.07, 6.45) is -39.7. The molecule has 0 radical (unpaired) electrons. The maximum absolute atomic E-state index is 13.0. The van der Waals surface area contributed by atoms with E-state index in [1.54, 1.807) is 4.74 Å². The van der Waals surface area contributed by atoms with Crippen LogP contribution in [0.25, 0.3) is 0 Å². The number of hydrogen-bond acceptors (Lipinski definition) is 4. The molecule has 4 nitrogen and oxygen atoms in total. The molecule has 0 amide bonds. The number of alkyl halides is 14. The summed E-state index contributed by atoms with van der Waals surface area (Å²) in [5.41, 5.74) is 0. The first-order valence-electron chi connectivity index (χ1n) is 6.38. The van der Waals surface area contributed by atoms with Crippen LogP contribution in [0.1, 0.15) is 6.42 Å². The van der Waals surface area contributed by atoms with E-state index in [4.69, 9.17) is 11.6 Å². The van der Waals surface area contributed by atoms with Gasteiger partial charge < -0.3 is 4.74 Å². The SMILES string of the molecule is FC(F)(F)OC(F)(F)C(F)(F)OC(F)(F)C(F)(F)OC(F)(F)COCCCCl. The first-order valence-corrected chi connectivity index (χ1v) is 6.91. The Morgan fingerprint density at radius 2 is 0.964 bits per heavy atom. The van der Waals surface area contributed by atoms with Crippen LogP contribution in [0.4, 0.5) is 57.1 Å². The van der Waals surface area contributed by atoms with Crippen LogP contribution < -0.4 is 0 Å². The molecule has 0 N–H and O–H groups in total. The zero-order valence-corrected chi connectivity index (χ0v) is 13.5. The molecule has 18 heteroatoms. The predicted molar refractivity (Wildman–Crippen MR) is 60.2 cm³/mol. The molecule has 0 aliphatic rings. The summed E-state index contributed by atoms with van der Waals surface area (Å²) in [6, 6.07) is 0. The third-order valence-electron chi connectivity index (χ3n) is 2.15. The summed E-state index contributed by atoms with van der Waals surface area (Å²) in [5.74, 6) is -0.141. The van der Waals surface area contributed by atoms with E-state index in [1.165, 1.54) is 4.74 Å². The number of ether oxygens (including phenoxy) is 4. The van der Waals surface area contributed by atoms with Gasteiger partial charge in [-0.25, -0.2) is 14.2 Å². The molecule has 0 aromatic rings. The summed E-state index contributed by atoms with van der Waals surface area (Å²) >= 11 is 5.11. The van der Waals surface area contributed by atoms with Crippen LogP contribution in [0, 0.1) is 0 Å². The molecule has 0 saturated carbocycles. The van der Waals surface area contributed by atoms with E-state index in [2.05, 4.69) is 9.47 Å². The summed E-state index contributed by atoms with van der Waals surface area (Å²) in [6.45, 7) is -2.72. The Kier molecular flexibility index (Phi) is 8.68. The van der Waals surface area contributed by atoms with Crippen molar-refractivity contribution in [1.82, 2.24) is 0 Å². The lowest BCUT2D eigenvalue weighted by Crippen LogP contribution is -2.57. The molecule has 0 rings (SSSR count). The molecule has 0 fully saturated rings. The molecule has 0 aromatic heterocycles. The van der Waals surface area contributed by atoms with Crippen LogP contribution in [-0.4, -0.2) is 56.0 Å². The van der Waals surface area contributed by atoms with E-state index < -0.39 is 50.1 Å². The fourth-order valence-corrected chi connectivity index (χ4v) is 1.22. The van der Waals surface area contributed by atoms with Crippen molar-refractivity contribution in [3.63, 3.8) is 0 Å². The third kappa shape index (κ3) is 8.30. The first kappa shape index (κ1) is 27.2. The molecule has 0 spiro atoms. The molecule has 0 bridgehead atoms. The molecule has 0 aromatic carbocycles. The van der Waals surface area contributed by atoms with Crippen molar-refractivity contribution in [3.8, 4) is 0 Å². The highest BCUT2D eigenvalue weighted by Gasteiger charge is 2.74. The molecule has 170 valence electrons. The Morgan fingerprint density at radius 1 is 0.571 bits per heavy atom. The van der Waals surface area contributed by atoms with Crippen LogP contribution in [0.3, 0.4) is 0 Å². The Morgan fingerprint density at radius 3 is 1.36 bits per heavy atom. The van der Waals surface area contributed by atoms with Gasteiger partial charge in [0.2, 0.25) is 0 Å². The highest BCUT2D eigenvalue weighted by Crippen LogP contribution is 2.48. The molecule has 0 aliphatic heterocycles. The third-order valence-corrected chi connectivity index (χ3v) is 2.42. The largest absolute Gasteiger partial charge is 0.527 e. The average Bonchev–Trinajstić information content (AvgIpc) is 2.38. The molecule has 0 saturated heterocycles. The van der Waals surface area contributed by atoms with Gasteiger partial charge in [0.15, 0.2) is 0 Å². The summed E-state index contributed by atoms with van der Waals surface area (Å²) in [5, 5.41) is 0. The minimum Gasteiger partial charge on any atom is -0.372 e. The van der Waals surface area contributed by atoms with Crippen LogP contribution in [0.5, 0.6) is 0 Å². The second kappa shape index (κ2) is 8.93. The van der Waals surface area contributed by atoms with Gasteiger partial charge in [0.05, 0.1) is 0 Å². The molecule has 0 atom stereocenters. The van der Waals surface area contributed by atoms with Crippen LogP contribution >= 0.6 is 11.6 Å². The quantitative estimate of drug-likeness (QED) is 0.222. The summed E-state index contributed by atoms with van der Waals surface area (Å²) in [7, 11) is 0. The first-order chi connectivity index (χ1) is 12.2. The van der Waals surface area contributed by atoms with Gasteiger partial charge in [-0.2, -0.15) is 43.9 Å². The smallest absolute Gasteiger partial charge is 0.372 e. The molecule has 28 heavy (non-hydrogen) atoms. The van der Waals surface area contributed by atoms with Crippen LogP contribution in [0.15, 0.2) is 0 Å². The zero-order valence-electron chi connectivity index (χ0n) is 12.8. The van der Waals surface area contributed by atoms with E-state index in [-0.39, 0.29) is 12.3 Å². The highest BCUT2D eigenvalue weighted by atomic mass is 35.5. The Hall–Kier alpha value is -0.780. The van der Waals surface area contributed by atoms with Gasteiger partial charge in [-0.15, -0.1) is 24.8 Å². The van der Waals surface area contributed by atoms with Crippen molar-refractivity contribution in [2.24, 2.45) is 0 Å². The monoisotopic (exact) mass is 474 g/mol. The summed E-state index contributed by atoms with van der Waals surface area (Å²) in [4.78, 5) is 0. The van der Waals surface area contributed by atoms with E-state index >= 15 is 0 Å². The lowest BCUT2D eigenvalue weighted by Gasteiger charge is -2.33. The fraction of sp³-hybridized carbons (Fsp3) is 1.00. The lowest BCUT2D eigenvalue weighted by molar-refractivity contribution is -0.564. The Balaban J connectivity index is 5.27. The van der Waals surface area contributed by atoms with E-state index in [0.717, 1.165) is 0 Å². The fourth-order valence-electron chi connectivity index (χ4n) is 1.11. The maximum atomic E-state index is 13.0. The molecular weight excluding hydrogens is 467 g/mol. The van der Waals surface area contributed by atoms with Crippen LogP contribution in [0.2, 0.25) is 0 Å². The second-order valence-corrected chi connectivity index (χ2v) is 4.93. The van der Waals surface area contributed by atoms with Crippen molar-refractivity contribution in [2.75, 3.05) is 19.1 Å². The van der Waals surface area contributed by atoms with Gasteiger partial charge in [0, 0.05) is 12.5 Å². The van der Waals surface area contributed by atoms with Crippen molar-refractivity contribution in [2.45, 2.75) is 43.3 Å². The van der Waals surface area contributed by atoms with Crippen molar-refractivity contribution in [3.05, 3.63) is 0 Å². The number of halogens is 14. The van der Waals surface area contributed by atoms with Gasteiger partial charge >= 0.3 is 36.9 Å². The van der Waals surface area contributed by atoms with Crippen molar-refractivity contribution in [1.29, 1.82) is 0 Å². The summed E-state index contributed by atoms with van der Waals surface area (Å²) < 4.78 is 173. The van der Waals surface area contributed by atoms with Gasteiger partial charge in [-0.1, -0.05) is 0 Å². The average molecular weight is 475 g/mol. The predicted octanol–water partition coefficient (Wildman–Crippen LogP) is 5.17. The highest BCUT2D eigenvalue weighted by molar-refractivity contribution is 6.17.